The Bertz CT molecular complexity index is 977. The third-order valence-corrected chi connectivity index (χ3v) is 5.66. The first-order chi connectivity index (χ1) is 13.8. The van der Waals surface area contributed by atoms with Crippen molar-refractivity contribution in [1.82, 2.24) is 5.32 Å². The highest BCUT2D eigenvalue weighted by atomic mass is 16.5. The lowest BCUT2D eigenvalue weighted by Crippen LogP contribution is -3.08. The van der Waals surface area contributed by atoms with Crippen LogP contribution < -0.4 is 15.0 Å². The summed E-state index contributed by atoms with van der Waals surface area (Å²) in [6, 6.07) is 20.0. The number of likely N-dealkylation sites (tertiary alicyclic amines) is 1. The summed E-state index contributed by atoms with van der Waals surface area (Å²) in [7, 11) is 1.65. The summed E-state index contributed by atoms with van der Waals surface area (Å²) in [4.78, 5) is 14.6. The van der Waals surface area contributed by atoms with Crippen LogP contribution in [0.15, 0.2) is 60.7 Å². The third-order valence-electron chi connectivity index (χ3n) is 5.66. The number of rotatable bonds is 6. The highest BCUT2D eigenvalue weighted by molar-refractivity contribution is 6.08. The molecule has 4 rings (SSSR count). The number of fused-ring (bicyclic) bond motifs is 1. The first kappa shape index (κ1) is 18.5. The molecule has 28 heavy (non-hydrogen) atoms. The summed E-state index contributed by atoms with van der Waals surface area (Å²) in [5.41, 5.74) is 3.21. The van der Waals surface area contributed by atoms with Gasteiger partial charge in [0.25, 0.3) is 5.91 Å². The monoisotopic (exact) mass is 375 g/mol. The summed E-state index contributed by atoms with van der Waals surface area (Å²) in [5.74, 6) is 0.730. The topological polar surface area (TPSA) is 42.8 Å². The molecule has 2 N–H and O–H groups in total. The Kier molecular flexibility index (Phi) is 5.58. The number of amides is 1. The van der Waals surface area contributed by atoms with E-state index in [4.69, 9.17) is 4.74 Å². The minimum absolute atomic E-state index is 0.0535. The Labute approximate surface area is 166 Å². The van der Waals surface area contributed by atoms with Crippen LogP contribution in [0.5, 0.6) is 5.75 Å². The van der Waals surface area contributed by atoms with Gasteiger partial charge in [-0.1, -0.05) is 48.5 Å². The minimum Gasteiger partial charge on any atom is -0.496 e. The summed E-state index contributed by atoms with van der Waals surface area (Å²) in [6.07, 6.45) is 2.64. The van der Waals surface area contributed by atoms with E-state index >= 15 is 0 Å². The van der Waals surface area contributed by atoms with Crippen LogP contribution in [0.1, 0.15) is 34.3 Å². The Morgan fingerprint density at radius 1 is 0.929 bits per heavy atom. The highest BCUT2D eigenvalue weighted by Crippen LogP contribution is 2.28. The molecule has 1 fully saturated rings. The molecule has 1 saturated heterocycles. The van der Waals surface area contributed by atoms with Crippen LogP contribution in [0.25, 0.3) is 10.8 Å². The van der Waals surface area contributed by atoms with E-state index in [0.29, 0.717) is 12.1 Å². The second-order valence-electron chi connectivity index (χ2n) is 7.45. The molecule has 4 nitrogen and oxygen atoms in total. The second-order valence-corrected chi connectivity index (χ2v) is 7.45. The first-order valence-electron chi connectivity index (χ1n) is 10.0. The molecule has 0 spiro atoms. The lowest BCUT2D eigenvalue weighted by atomic mass is 10.0. The van der Waals surface area contributed by atoms with Crippen LogP contribution in [0.3, 0.4) is 0 Å². The third kappa shape index (κ3) is 3.87. The van der Waals surface area contributed by atoms with Gasteiger partial charge in [0.1, 0.15) is 12.3 Å². The van der Waals surface area contributed by atoms with Gasteiger partial charge in [0.05, 0.1) is 20.2 Å². The minimum atomic E-state index is -0.0535. The Hall–Kier alpha value is -2.85. The largest absolute Gasteiger partial charge is 0.496 e. The fourth-order valence-electron chi connectivity index (χ4n) is 4.14. The Morgan fingerprint density at radius 3 is 2.36 bits per heavy atom. The highest BCUT2D eigenvalue weighted by Gasteiger charge is 2.18. The average molecular weight is 375 g/mol. The maximum atomic E-state index is 12.9. The molecule has 0 bridgehead atoms. The number of hydrogen-bond acceptors (Lipinski definition) is 2. The van der Waals surface area contributed by atoms with Crippen LogP contribution in [-0.2, 0) is 13.1 Å². The molecule has 3 aromatic carbocycles. The molecule has 0 radical (unpaired) electrons. The van der Waals surface area contributed by atoms with E-state index in [2.05, 4.69) is 23.5 Å². The van der Waals surface area contributed by atoms with E-state index in [0.717, 1.165) is 23.1 Å². The maximum Gasteiger partial charge on any atom is 0.252 e. The van der Waals surface area contributed by atoms with Gasteiger partial charge in [-0.15, -0.1) is 0 Å². The molecule has 1 aliphatic rings. The van der Waals surface area contributed by atoms with Gasteiger partial charge in [0, 0.05) is 35.9 Å². The summed E-state index contributed by atoms with van der Waals surface area (Å²) >= 11 is 0. The van der Waals surface area contributed by atoms with Crippen molar-refractivity contribution in [1.29, 1.82) is 0 Å². The van der Waals surface area contributed by atoms with Gasteiger partial charge >= 0.3 is 0 Å². The van der Waals surface area contributed by atoms with Crippen molar-refractivity contribution in [3.8, 4) is 5.75 Å². The fraction of sp³-hybridized carbons (Fsp3) is 0.292. The molecule has 144 valence electrons. The van der Waals surface area contributed by atoms with E-state index in [1.54, 1.807) is 12.0 Å². The van der Waals surface area contributed by atoms with Crippen molar-refractivity contribution in [2.45, 2.75) is 25.9 Å². The predicted octanol–water partition coefficient (Wildman–Crippen LogP) is 2.96. The number of benzene rings is 3. The molecule has 0 aliphatic carbocycles. The van der Waals surface area contributed by atoms with E-state index in [1.165, 1.54) is 37.1 Å². The van der Waals surface area contributed by atoms with Gasteiger partial charge in [-0.2, -0.15) is 0 Å². The molecule has 1 heterocycles. The smallest absolute Gasteiger partial charge is 0.252 e. The lowest BCUT2D eigenvalue weighted by Gasteiger charge is -2.16. The number of carbonyl (C=O) groups excluding carboxylic acids is 1. The number of carbonyl (C=O) groups is 1. The number of quaternary nitrogens is 1. The Morgan fingerprint density at radius 2 is 1.61 bits per heavy atom. The molecule has 0 atom stereocenters. The normalized spacial score (nSPS) is 14.3. The summed E-state index contributed by atoms with van der Waals surface area (Å²) < 4.78 is 5.44. The van der Waals surface area contributed by atoms with Gasteiger partial charge in [-0.05, 0) is 23.1 Å². The van der Waals surface area contributed by atoms with Crippen LogP contribution in [0.2, 0.25) is 0 Å². The molecule has 0 aromatic heterocycles. The van der Waals surface area contributed by atoms with E-state index in [1.807, 2.05) is 42.5 Å². The molecular weight excluding hydrogens is 348 g/mol. The second kappa shape index (κ2) is 8.44. The van der Waals surface area contributed by atoms with Gasteiger partial charge < -0.3 is 15.0 Å². The number of hydrogen-bond donors (Lipinski definition) is 2. The molecule has 3 aromatic rings. The van der Waals surface area contributed by atoms with Gasteiger partial charge in [-0.25, -0.2) is 0 Å². The van der Waals surface area contributed by atoms with E-state index in [-0.39, 0.29) is 5.91 Å². The molecule has 1 amide bonds. The number of ether oxygens (including phenoxy) is 1. The standard InChI is InChI=1S/C24H26N2O2/c1-28-23-13-12-22(20-10-4-5-11-21(20)23)24(27)25-16-18-8-2-3-9-19(18)17-26-14-6-7-15-26/h2-5,8-13H,6-7,14-17H2,1H3,(H,25,27)/p+1. The van der Waals surface area contributed by atoms with Crippen LogP contribution >= 0.6 is 0 Å². The van der Waals surface area contributed by atoms with Crippen LogP contribution in [0, 0.1) is 0 Å². The zero-order valence-electron chi connectivity index (χ0n) is 16.3. The molecule has 1 aliphatic heterocycles. The lowest BCUT2D eigenvalue weighted by molar-refractivity contribution is -0.901. The van der Waals surface area contributed by atoms with Crippen molar-refractivity contribution in [2.75, 3.05) is 20.2 Å². The van der Waals surface area contributed by atoms with Crippen molar-refractivity contribution in [3.63, 3.8) is 0 Å². The van der Waals surface area contributed by atoms with Crippen LogP contribution in [0.4, 0.5) is 0 Å². The summed E-state index contributed by atoms with van der Waals surface area (Å²) in [6.45, 7) is 4.08. The van der Waals surface area contributed by atoms with E-state index in [9.17, 15) is 4.79 Å². The Balaban J connectivity index is 1.52. The molecule has 4 heteroatoms. The first-order valence-corrected chi connectivity index (χ1v) is 10.0. The van der Waals surface area contributed by atoms with Gasteiger partial charge in [0.2, 0.25) is 0 Å². The van der Waals surface area contributed by atoms with Crippen molar-refractivity contribution < 1.29 is 14.4 Å². The van der Waals surface area contributed by atoms with Gasteiger partial charge in [0.15, 0.2) is 0 Å². The fourth-order valence-corrected chi connectivity index (χ4v) is 4.14. The zero-order chi connectivity index (χ0) is 19.3. The quantitative estimate of drug-likeness (QED) is 0.696. The van der Waals surface area contributed by atoms with Crippen LogP contribution in [-0.4, -0.2) is 26.1 Å². The predicted molar refractivity (Wildman–Crippen MR) is 112 cm³/mol. The van der Waals surface area contributed by atoms with Crippen molar-refractivity contribution >= 4 is 16.7 Å². The molecule has 0 unspecified atom stereocenters. The zero-order valence-corrected chi connectivity index (χ0v) is 16.3. The summed E-state index contributed by atoms with van der Waals surface area (Å²) in [5, 5.41) is 4.99. The van der Waals surface area contributed by atoms with E-state index < -0.39 is 0 Å². The van der Waals surface area contributed by atoms with Crippen molar-refractivity contribution in [3.05, 3.63) is 77.4 Å². The molecule has 0 saturated carbocycles. The SMILES string of the molecule is COc1ccc(C(=O)NCc2ccccc2C[NH+]2CCCC2)c2ccccc12. The number of nitrogens with one attached hydrogen (secondary N) is 2. The van der Waals surface area contributed by atoms with Crippen molar-refractivity contribution in [2.24, 2.45) is 0 Å². The maximum absolute atomic E-state index is 12.9. The molecular formula is C24H27N2O2+. The number of methoxy groups -OCH3 is 1. The van der Waals surface area contributed by atoms with Gasteiger partial charge in [-0.3, -0.25) is 4.79 Å². The average Bonchev–Trinajstić information content (AvgIpc) is 3.25.